The van der Waals surface area contributed by atoms with Gasteiger partial charge in [-0.15, -0.1) is 0 Å². The van der Waals surface area contributed by atoms with E-state index in [1.807, 2.05) is 19.9 Å². The molecular formula is C17H26FN. The van der Waals surface area contributed by atoms with Gasteiger partial charge >= 0.3 is 0 Å². The first kappa shape index (κ1) is 14.5. The highest BCUT2D eigenvalue weighted by atomic mass is 19.1. The number of aryl methyl sites for hydroxylation is 2. The molecule has 1 saturated carbocycles. The number of hydrogen-bond acceptors (Lipinski definition) is 1. The van der Waals surface area contributed by atoms with E-state index in [0.29, 0.717) is 0 Å². The average molecular weight is 263 g/mol. The van der Waals surface area contributed by atoms with Crippen molar-refractivity contribution in [3.63, 3.8) is 0 Å². The molecule has 2 heteroatoms. The summed E-state index contributed by atoms with van der Waals surface area (Å²) in [6.45, 7) is 6.15. The van der Waals surface area contributed by atoms with E-state index >= 15 is 0 Å². The van der Waals surface area contributed by atoms with Gasteiger partial charge in [0.15, 0.2) is 0 Å². The Morgan fingerprint density at radius 2 is 1.89 bits per heavy atom. The molecule has 0 aromatic heterocycles. The van der Waals surface area contributed by atoms with Gasteiger partial charge in [-0.3, -0.25) is 0 Å². The Balaban J connectivity index is 2.23. The average Bonchev–Trinajstić information content (AvgIpc) is 2.31. The molecule has 0 heterocycles. The summed E-state index contributed by atoms with van der Waals surface area (Å²) in [7, 11) is 0. The van der Waals surface area contributed by atoms with Crippen LogP contribution in [0, 0.1) is 25.6 Å². The van der Waals surface area contributed by atoms with Crippen LogP contribution in [-0.2, 0) is 5.54 Å². The molecule has 2 rings (SSSR count). The molecule has 1 nitrogen and oxygen atoms in total. The van der Waals surface area contributed by atoms with Crippen LogP contribution >= 0.6 is 0 Å². The Labute approximate surface area is 116 Å². The van der Waals surface area contributed by atoms with Crippen molar-refractivity contribution in [2.75, 3.05) is 0 Å². The smallest absolute Gasteiger partial charge is 0.128 e. The zero-order valence-electron chi connectivity index (χ0n) is 12.4. The topological polar surface area (TPSA) is 26.0 Å². The Hall–Kier alpha value is -0.890. The maximum atomic E-state index is 14.3. The van der Waals surface area contributed by atoms with Crippen molar-refractivity contribution in [3.05, 3.63) is 34.6 Å². The minimum atomic E-state index is -0.452. The minimum absolute atomic E-state index is 0.117. The van der Waals surface area contributed by atoms with E-state index in [9.17, 15) is 4.39 Å². The van der Waals surface area contributed by atoms with E-state index in [4.69, 9.17) is 5.73 Å². The van der Waals surface area contributed by atoms with Crippen molar-refractivity contribution in [1.29, 1.82) is 0 Å². The highest BCUT2D eigenvalue weighted by Crippen LogP contribution is 2.41. The van der Waals surface area contributed by atoms with E-state index < -0.39 is 5.54 Å². The van der Waals surface area contributed by atoms with Crippen LogP contribution in [0.1, 0.15) is 62.1 Å². The molecule has 2 N–H and O–H groups in total. The molecule has 1 aromatic rings. The Bertz CT molecular complexity index is 422. The van der Waals surface area contributed by atoms with Gasteiger partial charge in [-0.05, 0) is 62.6 Å². The van der Waals surface area contributed by atoms with Gasteiger partial charge in [-0.25, -0.2) is 4.39 Å². The predicted molar refractivity (Wildman–Crippen MR) is 78.6 cm³/mol. The van der Waals surface area contributed by atoms with Crippen LogP contribution in [0.25, 0.3) is 0 Å². The quantitative estimate of drug-likeness (QED) is 0.848. The van der Waals surface area contributed by atoms with Gasteiger partial charge in [-0.1, -0.05) is 25.8 Å². The zero-order valence-corrected chi connectivity index (χ0v) is 12.4. The monoisotopic (exact) mass is 263 g/mol. The third-order valence-electron chi connectivity index (χ3n) is 4.62. The van der Waals surface area contributed by atoms with Crippen molar-refractivity contribution in [3.8, 4) is 0 Å². The van der Waals surface area contributed by atoms with Crippen LogP contribution in [-0.4, -0.2) is 0 Å². The standard InChI is InChI=1S/C17H26FN/c1-4-5-14-6-8-17(19,9-7-14)16-13(3)10-12(2)11-15(16)18/h10-11,14H,4-9,19H2,1-3H3. The van der Waals surface area contributed by atoms with Crippen LogP contribution in [0.2, 0.25) is 0 Å². The highest BCUT2D eigenvalue weighted by molar-refractivity contribution is 5.37. The number of hydrogen-bond donors (Lipinski definition) is 1. The zero-order chi connectivity index (χ0) is 14.0. The number of nitrogens with two attached hydrogens (primary N) is 1. The molecule has 1 aromatic carbocycles. The molecule has 0 spiro atoms. The van der Waals surface area contributed by atoms with Crippen LogP contribution in [0.3, 0.4) is 0 Å². The van der Waals surface area contributed by atoms with Gasteiger partial charge in [0.2, 0.25) is 0 Å². The van der Waals surface area contributed by atoms with E-state index in [1.54, 1.807) is 6.07 Å². The van der Waals surface area contributed by atoms with E-state index in [0.717, 1.165) is 48.3 Å². The third kappa shape index (κ3) is 3.00. The molecule has 0 radical (unpaired) electrons. The molecule has 1 aliphatic rings. The fraction of sp³-hybridized carbons (Fsp3) is 0.647. The highest BCUT2D eigenvalue weighted by Gasteiger charge is 2.36. The first-order valence-electron chi connectivity index (χ1n) is 7.52. The molecule has 0 amide bonds. The first-order chi connectivity index (χ1) is 8.96. The lowest BCUT2D eigenvalue weighted by molar-refractivity contribution is 0.220. The second-order valence-electron chi connectivity index (χ2n) is 6.33. The van der Waals surface area contributed by atoms with Crippen molar-refractivity contribution < 1.29 is 4.39 Å². The van der Waals surface area contributed by atoms with E-state index in [2.05, 4.69) is 6.92 Å². The molecule has 0 atom stereocenters. The Morgan fingerprint density at radius 3 is 2.42 bits per heavy atom. The lowest BCUT2D eigenvalue weighted by Gasteiger charge is -2.38. The lowest BCUT2D eigenvalue weighted by Crippen LogP contribution is -2.42. The number of benzene rings is 1. The van der Waals surface area contributed by atoms with E-state index in [1.165, 1.54) is 12.8 Å². The molecule has 106 valence electrons. The summed E-state index contributed by atoms with van der Waals surface area (Å²) in [4.78, 5) is 0. The van der Waals surface area contributed by atoms with Crippen LogP contribution in [0.15, 0.2) is 12.1 Å². The van der Waals surface area contributed by atoms with Crippen LogP contribution in [0.4, 0.5) is 4.39 Å². The number of halogens is 1. The molecule has 0 unspecified atom stereocenters. The first-order valence-corrected chi connectivity index (χ1v) is 7.52. The SMILES string of the molecule is CCCC1CCC(N)(c2c(C)cc(C)cc2F)CC1. The third-order valence-corrected chi connectivity index (χ3v) is 4.62. The summed E-state index contributed by atoms with van der Waals surface area (Å²) in [5.74, 6) is 0.671. The second kappa shape index (κ2) is 5.62. The maximum Gasteiger partial charge on any atom is 0.128 e. The minimum Gasteiger partial charge on any atom is -0.321 e. The normalized spacial score (nSPS) is 27.5. The summed E-state index contributed by atoms with van der Waals surface area (Å²) < 4.78 is 14.3. The summed E-state index contributed by atoms with van der Waals surface area (Å²) in [6, 6.07) is 3.67. The maximum absolute atomic E-state index is 14.3. The van der Waals surface area contributed by atoms with Gasteiger partial charge in [0.1, 0.15) is 5.82 Å². The van der Waals surface area contributed by atoms with Crippen molar-refractivity contribution in [2.45, 2.75) is 64.8 Å². The molecule has 0 saturated heterocycles. The fourth-order valence-corrected chi connectivity index (χ4v) is 3.69. The molecule has 0 aliphatic heterocycles. The van der Waals surface area contributed by atoms with Gasteiger partial charge in [-0.2, -0.15) is 0 Å². The second-order valence-corrected chi connectivity index (χ2v) is 6.33. The largest absolute Gasteiger partial charge is 0.321 e. The van der Waals surface area contributed by atoms with Crippen molar-refractivity contribution >= 4 is 0 Å². The molecule has 1 fully saturated rings. The molecular weight excluding hydrogens is 237 g/mol. The van der Waals surface area contributed by atoms with Gasteiger partial charge in [0.05, 0.1) is 0 Å². The predicted octanol–water partition coefficient (Wildman–Crippen LogP) is 4.59. The Kier molecular flexibility index (Phi) is 4.29. The van der Waals surface area contributed by atoms with Crippen molar-refractivity contribution in [2.24, 2.45) is 11.7 Å². The van der Waals surface area contributed by atoms with Gasteiger partial charge < -0.3 is 5.73 Å². The summed E-state index contributed by atoms with van der Waals surface area (Å²) in [5.41, 5.74) is 8.84. The fourth-order valence-electron chi connectivity index (χ4n) is 3.69. The summed E-state index contributed by atoms with van der Waals surface area (Å²) >= 11 is 0. The molecule has 1 aliphatic carbocycles. The lowest BCUT2D eigenvalue weighted by atomic mass is 9.71. The van der Waals surface area contributed by atoms with Crippen LogP contribution in [0.5, 0.6) is 0 Å². The molecule has 19 heavy (non-hydrogen) atoms. The Morgan fingerprint density at radius 1 is 1.26 bits per heavy atom. The summed E-state index contributed by atoms with van der Waals surface area (Å²) in [6.07, 6.45) is 6.62. The van der Waals surface area contributed by atoms with Gasteiger partial charge in [0.25, 0.3) is 0 Å². The van der Waals surface area contributed by atoms with E-state index in [-0.39, 0.29) is 5.82 Å². The summed E-state index contributed by atoms with van der Waals surface area (Å²) in [5, 5.41) is 0. The molecule has 0 bridgehead atoms. The van der Waals surface area contributed by atoms with Gasteiger partial charge in [0, 0.05) is 11.1 Å². The number of rotatable bonds is 3. The van der Waals surface area contributed by atoms with Crippen molar-refractivity contribution in [1.82, 2.24) is 0 Å². The van der Waals surface area contributed by atoms with Crippen LogP contribution < -0.4 is 5.73 Å².